The Hall–Kier alpha value is -2.66. The molecule has 0 aromatic heterocycles. The first-order chi connectivity index (χ1) is 16.4. The summed E-state index contributed by atoms with van der Waals surface area (Å²) in [7, 11) is 0. The molecule has 34 heavy (non-hydrogen) atoms. The highest BCUT2D eigenvalue weighted by Gasteiger charge is 2.41. The summed E-state index contributed by atoms with van der Waals surface area (Å²) in [5.74, 6) is 0.431. The number of benzene rings is 3. The molecule has 4 heteroatoms. The molecular formula is C30H37NO3. The Balaban J connectivity index is 1.36. The molecule has 3 aromatic carbocycles. The van der Waals surface area contributed by atoms with E-state index in [-0.39, 0.29) is 11.7 Å². The molecule has 1 aliphatic heterocycles. The van der Waals surface area contributed by atoms with Crippen LogP contribution < -0.4 is 0 Å². The Kier molecular flexibility index (Phi) is 7.72. The van der Waals surface area contributed by atoms with Crippen molar-refractivity contribution in [3.8, 4) is 5.75 Å². The number of rotatable bonds is 8. The summed E-state index contributed by atoms with van der Waals surface area (Å²) in [6.45, 7) is 6.54. The van der Waals surface area contributed by atoms with Crippen LogP contribution in [0.25, 0.3) is 0 Å². The standard InChI is InChI=1S/C30H37NO3/c1-22-15-16-27(23(2)29(22)33)28(32)14-9-19-31-20-17-26(18-21-31)30(34,24-10-5-3-6-11-24)25-12-7-4-8-13-25/h3-8,10-13,15-16,26,28,32-34H,9,14,17-21H2,1-2H3. The monoisotopic (exact) mass is 459 g/mol. The van der Waals surface area contributed by atoms with E-state index in [1.807, 2.05) is 86.6 Å². The number of hydrogen-bond donors (Lipinski definition) is 3. The number of aryl methyl sites for hydroxylation is 1. The van der Waals surface area contributed by atoms with Crippen molar-refractivity contribution in [2.24, 2.45) is 5.92 Å². The molecule has 1 fully saturated rings. The quantitative estimate of drug-likeness (QED) is 0.418. The normalized spacial score (nSPS) is 16.5. The van der Waals surface area contributed by atoms with E-state index >= 15 is 0 Å². The predicted molar refractivity (Wildman–Crippen MR) is 137 cm³/mol. The average Bonchev–Trinajstić information content (AvgIpc) is 2.88. The first-order valence-corrected chi connectivity index (χ1v) is 12.4. The third kappa shape index (κ3) is 5.05. The SMILES string of the molecule is Cc1ccc(C(O)CCCN2CCC(C(O)(c3ccccc3)c3ccccc3)CC2)c(C)c1O. The van der Waals surface area contributed by atoms with E-state index in [1.165, 1.54) is 0 Å². The molecule has 0 saturated carbocycles. The fraction of sp³-hybridized carbons (Fsp3) is 0.400. The Bertz CT molecular complexity index is 1020. The van der Waals surface area contributed by atoms with Gasteiger partial charge in [0.25, 0.3) is 0 Å². The third-order valence-corrected chi connectivity index (χ3v) is 7.59. The van der Waals surface area contributed by atoms with E-state index in [0.717, 1.165) is 66.7 Å². The van der Waals surface area contributed by atoms with Gasteiger partial charge in [-0.25, -0.2) is 0 Å². The van der Waals surface area contributed by atoms with Gasteiger partial charge in [-0.3, -0.25) is 0 Å². The van der Waals surface area contributed by atoms with Crippen molar-refractivity contribution < 1.29 is 15.3 Å². The summed E-state index contributed by atoms with van der Waals surface area (Å²) in [6.07, 6.45) is 2.84. The van der Waals surface area contributed by atoms with Gasteiger partial charge >= 0.3 is 0 Å². The first kappa shape index (κ1) is 24.5. The third-order valence-electron chi connectivity index (χ3n) is 7.59. The molecule has 0 radical (unpaired) electrons. The Labute approximate surface area is 203 Å². The maximum atomic E-state index is 12.0. The lowest BCUT2D eigenvalue weighted by atomic mass is 9.72. The number of phenolic OH excluding ortho intramolecular Hbond substituents is 1. The predicted octanol–water partition coefficient (Wildman–Crippen LogP) is 5.47. The lowest BCUT2D eigenvalue weighted by Crippen LogP contribution is -2.44. The molecule has 1 unspecified atom stereocenters. The first-order valence-electron chi connectivity index (χ1n) is 12.4. The Morgan fingerprint density at radius 3 is 2.00 bits per heavy atom. The van der Waals surface area contributed by atoms with Gasteiger partial charge < -0.3 is 20.2 Å². The molecule has 0 spiro atoms. The number of aromatic hydroxyl groups is 1. The minimum Gasteiger partial charge on any atom is -0.507 e. The summed E-state index contributed by atoms with van der Waals surface area (Å²) in [5.41, 5.74) is 3.35. The van der Waals surface area contributed by atoms with E-state index in [9.17, 15) is 15.3 Å². The van der Waals surface area contributed by atoms with E-state index in [4.69, 9.17) is 0 Å². The number of phenols is 1. The summed E-state index contributed by atoms with van der Waals surface area (Å²) in [5, 5.41) is 32.9. The molecule has 4 rings (SSSR count). The molecule has 1 atom stereocenters. The van der Waals surface area contributed by atoms with E-state index < -0.39 is 11.7 Å². The van der Waals surface area contributed by atoms with Gasteiger partial charge in [0.2, 0.25) is 0 Å². The van der Waals surface area contributed by atoms with E-state index in [2.05, 4.69) is 4.90 Å². The smallest absolute Gasteiger partial charge is 0.121 e. The second-order valence-corrected chi connectivity index (χ2v) is 9.72. The summed E-state index contributed by atoms with van der Waals surface area (Å²) < 4.78 is 0. The van der Waals surface area contributed by atoms with E-state index in [0.29, 0.717) is 6.42 Å². The Morgan fingerprint density at radius 1 is 0.882 bits per heavy atom. The van der Waals surface area contributed by atoms with Crippen molar-refractivity contribution in [1.29, 1.82) is 0 Å². The number of likely N-dealkylation sites (tertiary alicyclic amines) is 1. The summed E-state index contributed by atoms with van der Waals surface area (Å²) in [6, 6.07) is 23.9. The summed E-state index contributed by atoms with van der Waals surface area (Å²) in [4.78, 5) is 2.44. The highest BCUT2D eigenvalue weighted by molar-refractivity contribution is 5.44. The van der Waals surface area contributed by atoms with Crippen molar-refractivity contribution in [2.45, 2.75) is 51.2 Å². The van der Waals surface area contributed by atoms with Gasteiger partial charge in [0.15, 0.2) is 0 Å². The van der Waals surface area contributed by atoms with Crippen molar-refractivity contribution in [3.63, 3.8) is 0 Å². The zero-order valence-electron chi connectivity index (χ0n) is 20.3. The van der Waals surface area contributed by atoms with Crippen LogP contribution in [0.5, 0.6) is 5.75 Å². The van der Waals surface area contributed by atoms with Crippen LogP contribution in [0.1, 0.15) is 59.6 Å². The second kappa shape index (κ2) is 10.7. The number of piperidine rings is 1. The maximum Gasteiger partial charge on any atom is 0.121 e. The fourth-order valence-electron chi connectivity index (χ4n) is 5.47. The van der Waals surface area contributed by atoms with Crippen LogP contribution in [-0.4, -0.2) is 39.9 Å². The number of aliphatic hydroxyl groups excluding tert-OH is 1. The topological polar surface area (TPSA) is 63.9 Å². The molecular weight excluding hydrogens is 422 g/mol. The number of aliphatic hydroxyl groups is 2. The van der Waals surface area contributed by atoms with Crippen molar-refractivity contribution >= 4 is 0 Å². The number of nitrogens with zero attached hydrogens (tertiary/aromatic N) is 1. The van der Waals surface area contributed by atoms with Gasteiger partial charge in [-0.1, -0.05) is 72.8 Å². The van der Waals surface area contributed by atoms with Crippen LogP contribution in [0.4, 0.5) is 0 Å². The van der Waals surface area contributed by atoms with Gasteiger partial charge in [0, 0.05) is 0 Å². The minimum atomic E-state index is -0.990. The van der Waals surface area contributed by atoms with Crippen LogP contribution in [0.3, 0.4) is 0 Å². The highest BCUT2D eigenvalue weighted by Crippen LogP contribution is 2.42. The van der Waals surface area contributed by atoms with Crippen LogP contribution in [0.15, 0.2) is 72.8 Å². The van der Waals surface area contributed by atoms with Crippen molar-refractivity contribution in [2.75, 3.05) is 19.6 Å². The zero-order valence-corrected chi connectivity index (χ0v) is 20.3. The van der Waals surface area contributed by atoms with Gasteiger partial charge in [-0.15, -0.1) is 0 Å². The Morgan fingerprint density at radius 2 is 1.44 bits per heavy atom. The molecule has 0 aliphatic carbocycles. The van der Waals surface area contributed by atoms with E-state index in [1.54, 1.807) is 0 Å². The highest BCUT2D eigenvalue weighted by atomic mass is 16.3. The maximum absolute atomic E-state index is 12.0. The molecule has 3 aromatic rings. The lowest BCUT2D eigenvalue weighted by Gasteiger charge is -2.42. The zero-order chi connectivity index (χ0) is 24.1. The van der Waals surface area contributed by atoms with Crippen molar-refractivity contribution in [1.82, 2.24) is 4.90 Å². The molecule has 0 amide bonds. The molecule has 4 nitrogen and oxygen atoms in total. The molecule has 3 N–H and O–H groups in total. The lowest BCUT2D eigenvalue weighted by molar-refractivity contribution is -0.0146. The largest absolute Gasteiger partial charge is 0.507 e. The van der Waals surface area contributed by atoms with Crippen molar-refractivity contribution in [3.05, 3.63) is 101 Å². The van der Waals surface area contributed by atoms with Crippen LogP contribution in [-0.2, 0) is 5.60 Å². The van der Waals surface area contributed by atoms with Gasteiger partial charge in [-0.05, 0) is 92.9 Å². The average molecular weight is 460 g/mol. The number of hydrogen-bond acceptors (Lipinski definition) is 4. The molecule has 180 valence electrons. The van der Waals surface area contributed by atoms with Crippen LogP contribution in [0.2, 0.25) is 0 Å². The molecule has 0 bridgehead atoms. The van der Waals surface area contributed by atoms with Crippen LogP contribution >= 0.6 is 0 Å². The van der Waals surface area contributed by atoms with Gasteiger partial charge in [-0.2, -0.15) is 0 Å². The summed E-state index contributed by atoms with van der Waals surface area (Å²) >= 11 is 0. The molecule has 1 heterocycles. The molecule has 1 saturated heterocycles. The van der Waals surface area contributed by atoms with Gasteiger partial charge in [0.05, 0.1) is 6.10 Å². The van der Waals surface area contributed by atoms with Gasteiger partial charge in [0.1, 0.15) is 11.4 Å². The fourth-order valence-corrected chi connectivity index (χ4v) is 5.47. The van der Waals surface area contributed by atoms with Crippen LogP contribution in [0, 0.1) is 19.8 Å². The second-order valence-electron chi connectivity index (χ2n) is 9.72. The minimum absolute atomic E-state index is 0.150. The molecule has 1 aliphatic rings.